The third-order valence-electron chi connectivity index (χ3n) is 4.67. The van der Waals surface area contributed by atoms with Gasteiger partial charge >= 0.3 is 0 Å². The lowest BCUT2D eigenvalue weighted by Gasteiger charge is -2.24. The van der Waals surface area contributed by atoms with Crippen molar-refractivity contribution in [3.05, 3.63) is 87.2 Å². The minimum absolute atomic E-state index is 0.174. The number of halogens is 1. The number of fused-ring (bicyclic) bond motifs is 1. The van der Waals surface area contributed by atoms with Gasteiger partial charge in [0.2, 0.25) is 5.91 Å². The van der Waals surface area contributed by atoms with E-state index in [-0.39, 0.29) is 29.6 Å². The van der Waals surface area contributed by atoms with Gasteiger partial charge in [-0.25, -0.2) is 9.37 Å². The maximum atomic E-state index is 13.0. The number of nitrogens with zero attached hydrogens (tertiary/aromatic N) is 1. The highest BCUT2D eigenvalue weighted by Crippen LogP contribution is 2.34. The van der Waals surface area contributed by atoms with E-state index in [1.54, 1.807) is 31.2 Å². The first-order valence-electron chi connectivity index (χ1n) is 8.87. The molecule has 2 heterocycles. The summed E-state index contributed by atoms with van der Waals surface area (Å²) in [5, 5.41) is 2.67. The van der Waals surface area contributed by atoms with Gasteiger partial charge in [0, 0.05) is 12.3 Å². The van der Waals surface area contributed by atoms with E-state index in [2.05, 4.69) is 15.3 Å². The normalized spacial score (nSPS) is 15.6. The van der Waals surface area contributed by atoms with Crippen LogP contribution in [0.2, 0.25) is 0 Å². The van der Waals surface area contributed by atoms with Crippen molar-refractivity contribution in [1.82, 2.24) is 9.97 Å². The molecule has 0 saturated carbocycles. The Balaban J connectivity index is 1.55. The monoisotopic (exact) mass is 379 g/mol. The van der Waals surface area contributed by atoms with Crippen LogP contribution < -0.4 is 15.6 Å². The topological polar surface area (TPSA) is 84.1 Å². The molecule has 1 unspecified atom stereocenters. The smallest absolute Gasteiger partial charge is 0.256 e. The van der Waals surface area contributed by atoms with Crippen LogP contribution in [0.15, 0.2) is 53.3 Å². The molecule has 3 aromatic rings. The second-order valence-electron chi connectivity index (χ2n) is 6.70. The number of anilines is 1. The maximum absolute atomic E-state index is 13.0. The number of H-pyrrole nitrogens is 1. The molecular weight excluding hydrogens is 361 g/mol. The fourth-order valence-electron chi connectivity index (χ4n) is 3.31. The molecule has 1 amide bonds. The molecule has 7 heteroatoms. The van der Waals surface area contributed by atoms with E-state index < -0.39 is 0 Å². The standard InChI is InChI=1S/C21H18FN3O3/c1-12-23-20-19(21(27)24-12)17(10-18(26)25-20)14-4-8-16(9-5-14)28-11-13-2-6-15(22)7-3-13/h2-9,17H,10-11H2,1H3,(H2,23,24,25,26,27). The number of amides is 1. The number of carbonyl (C=O) groups excluding carboxylic acids is 1. The van der Waals surface area contributed by atoms with Crippen molar-refractivity contribution in [3.63, 3.8) is 0 Å². The summed E-state index contributed by atoms with van der Waals surface area (Å²) in [6.07, 6.45) is 0.177. The molecule has 1 atom stereocenters. The molecule has 0 aliphatic carbocycles. The van der Waals surface area contributed by atoms with E-state index >= 15 is 0 Å². The van der Waals surface area contributed by atoms with Gasteiger partial charge in [-0.15, -0.1) is 0 Å². The fraction of sp³-hybridized carbons (Fsp3) is 0.190. The SMILES string of the molecule is Cc1nc2c(c(=O)[nH]1)C(c1ccc(OCc3ccc(F)cc3)cc1)CC(=O)N2. The van der Waals surface area contributed by atoms with E-state index in [4.69, 9.17) is 4.74 Å². The van der Waals surface area contributed by atoms with Gasteiger partial charge < -0.3 is 15.0 Å². The Morgan fingerprint density at radius 1 is 1.11 bits per heavy atom. The van der Waals surface area contributed by atoms with Crippen molar-refractivity contribution in [3.8, 4) is 5.75 Å². The highest BCUT2D eigenvalue weighted by molar-refractivity contribution is 5.94. The number of hydrogen-bond acceptors (Lipinski definition) is 4. The quantitative estimate of drug-likeness (QED) is 0.729. The largest absolute Gasteiger partial charge is 0.489 e. The van der Waals surface area contributed by atoms with Crippen molar-refractivity contribution in [1.29, 1.82) is 0 Å². The Labute approximate surface area is 160 Å². The second-order valence-corrected chi connectivity index (χ2v) is 6.70. The average molecular weight is 379 g/mol. The van der Waals surface area contributed by atoms with Gasteiger partial charge in [-0.05, 0) is 42.3 Å². The lowest BCUT2D eigenvalue weighted by Crippen LogP contribution is -2.31. The van der Waals surface area contributed by atoms with Crippen LogP contribution >= 0.6 is 0 Å². The summed E-state index contributed by atoms with van der Waals surface area (Å²) >= 11 is 0. The Morgan fingerprint density at radius 3 is 2.54 bits per heavy atom. The Kier molecular flexibility index (Phi) is 4.65. The number of nitrogens with one attached hydrogen (secondary N) is 2. The number of carbonyl (C=O) groups is 1. The minimum Gasteiger partial charge on any atom is -0.489 e. The van der Waals surface area contributed by atoms with Crippen molar-refractivity contribution in [2.45, 2.75) is 25.9 Å². The first-order chi connectivity index (χ1) is 13.5. The first kappa shape index (κ1) is 17.9. The molecule has 6 nitrogen and oxygen atoms in total. The van der Waals surface area contributed by atoms with E-state index in [0.29, 0.717) is 29.6 Å². The van der Waals surface area contributed by atoms with Crippen LogP contribution in [0.25, 0.3) is 0 Å². The molecule has 4 rings (SSSR count). The molecule has 2 aromatic carbocycles. The molecule has 0 bridgehead atoms. The summed E-state index contributed by atoms with van der Waals surface area (Å²) in [4.78, 5) is 31.4. The Hall–Kier alpha value is -3.48. The lowest BCUT2D eigenvalue weighted by molar-refractivity contribution is -0.116. The van der Waals surface area contributed by atoms with Gasteiger partial charge in [-0.2, -0.15) is 0 Å². The number of aromatic nitrogens is 2. The zero-order chi connectivity index (χ0) is 19.7. The molecule has 1 aromatic heterocycles. The highest BCUT2D eigenvalue weighted by Gasteiger charge is 2.30. The van der Waals surface area contributed by atoms with Crippen LogP contribution in [0, 0.1) is 12.7 Å². The third kappa shape index (κ3) is 3.64. The van der Waals surface area contributed by atoms with Crippen LogP contribution in [0.4, 0.5) is 10.2 Å². The predicted octanol–water partition coefficient (Wildman–Crippen LogP) is 3.27. The number of rotatable bonds is 4. The second kappa shape index (κ2) is 7.26. The summed E-state index contributed by atoms with van der Waals surface area (Å²) < 4.78 is 18.7. The van der Waals surface area contributed by atoms with Crippen LogP contribution in [0.3, 0.4) is 0 Å². The van der Waals surface area contributed by atoms with Gasteiger partial charge in [-0.1, -0.05) is 24.3 Å². The molecule has 1 aliphatic heterocycles. The van der Waals surface area contributed by atoms with Crippen molar-refractivity contribution in [2.24, 2.45) is 0 Å². The first-order valence-corrected chi connectivity index (χ1v) is 8.87. The van der Waals surface area contributed by atoms with Crippen molar-refractivity contribution in [2.75, 3.05) is 5.32 Å². The summed E-state index contributed by atoms with van der Waals surface area (Å²) in [7, 11) is 0. The number of hydrogen-bond donors (Lipinski definition) is 2. The van der Waals surface area contributed by atoms with E-state index in [1.165, 1.54) is 12.1 Å². The Bertz CT molecular complexity index is 1080. The number of benzene rings is 2. The summed E-state index contributed by atoms with van der Waals surface area (Å²) in [6.45, 7) is 1.99. The summed E-state index contributed by atoms with van der Waals surface area (Å²) in [5.41, 5.74) is 1.91. The molecule has 1 aliphatic rings. The molecule has 0 fully saturated rings. The van der Waals surface area contributed by atoms with E-state index in [0.717, 1.165) is 11.1 Å². The minimum atomic E-state index is -0.369. The molecule has 0 radical (unpaired) electrons. The Morgan fingerprint density at radius 2 is 1.82 bits per heavy atom. The molecular formula is C21H18FN3O3. The number of ether oxygens (including phenoxy) is 1. The van der Waals surface area contributed by atoms with E-state index in [9.17, 15) is 14.0 Å². The van der Waals surface area contributed by atoms with Gasteiger partial charge in [0.05, 0.1) is 5.56 Å². The van der Waals surface area contributed by atoms with Gasteiger partial charge in [0.25, 0.3) is 5.56 Å². The van der Waals surface area contributed by atoms with E-state index in [1.807, 2.05) is 12.1 Å². The van der Waals surface area contributed by atoms with Crippen LogP contribution in [-0.4, -0.2) is 15.9 Å². The number of aryl methyl sites for hydroxylation is 1. The van der Waals surface area contributed by atoms with Crippen LogP contribution in [-0.2, 0) is 11.4 Å². The molecule has 142 valence electrons. The summed E-state index contributed by atoms with van der Waals surface area (Å²) in [5.74, 6) is 0.584. The van der Waals surface area contributed by atoms with Crippen molar-refractivity contribution < 1.29 is 13.9 Å². The third-order valence-corrected chi connectivity index (χ3v) is 4.67. The number of aromatic amines is 1. The van der Waals surface area contributed by atoms with Crippen molar-refractivity contribution >= 4 is 11.7 Å². The zero-order valence-corrected chi connectivity index (χ0v) is 15.2. The maximum Gasteiger partial charge on any atom is 0.256 e. The highest BCUT2D eigenvalue weighted by atomic mass is 19.1. The van der Waals surface area contributed by atoms with Gasteiger partial charge in [-0.3, -0.25) is 9.59 Å². The van der Waals surface area contributed by atoms with Crippen LogP contribution in [0.5, 0.6) is 5.75 Å². The molecule has 28 heavy (non-hydrogen) atoms. The fourth-order valence-corrected chi connectivity index (χ4v) is 3.31. The summed E-state index contributed by atoms with van der Waals surface area (Å²) in [6, 6.07) is 13.4. The molecule has 0 spiro atoms. The van der Waals surface area contributed by atoms with Gasteiger partial charge in [0.1, 0.15) is 29.8 Å². The zero-order valence-electron chi connectivity index (χ0n) is 15.2. The average Bonchev–Trinajstić information content (AvgIpc) is 2.67. The molecule has 0 saturated heterocycles. The predicted molar refractivity (Wildman–Crippen MR) is 102 cm³/mol. The van der Waals surface area contributed by atoms with Gasteiger partial charge in [0.15, 0.2) is 0 Å². The lowest BCUT2D eigenvalue weighted by atomic mass is 9.87. The molecule has 2 N–H and O–H groups in total. The van der Waals surface area contributed by atoms with Crippen LogP contribution in [0.1, 0.15) is 34.9 Å².